The van der Waals surface area contributed by atoms with Crippen LogP contribution in [0.4, 0.5) is 0 Å². The molecule has 0 aliphatic rings. The Bertz CT molecular complexity index is 637. The summed E-state index contributed by atoms with van der Waals surface area (Å²) >= 11 is 0. The van der Waals surface area contributed by atoms with Gasteiger partial charge in [0.05, 0.1) is 18.7 Å². The zero-order chi connectivity index (χ0) is 15.8. The number of nitrogens with one attached hydrogen (secondary N) is 1. The number of nitrogens with zero attached hydrogens (tertiary/aromatic N) is 1. The van der Waals surface area contributed by atoms with Gasteiger partial charge in [-0.05, 0) is 37.1 Å². The number of hydrogen-bond donors (Lipinski definition) is 1. The third-order valence-corrected chi connectivity index (χ3v) is 2.84. The SMILES string of the molecule is CC(C)Oc1cccc(/C=N\NC(=O)Cc2ccccc2)c1. The van der Waals surface area contributed by atoms with Crippen molar-refractivity contribution in [2.75, 3.05) is 0 Å². The lowest BCUT2D eigenvalue weighted by atomic mass is 10.1. The highest BCUT2D eigenvalue weighted by Crippen LogP contribution is 2.13. The van der Waals surface area contributed by atoms with E-state index in [1.54, 1.807) is 6.21 Å². The van der Waals surface area contributed by atoms with E-state index in [-0.39, 0.29) is 12.0 Å². The molecule has 2 rings (SSSR count). The largest absolute Gasteiger partial charge is 0.491 e. The molecule has 0 aliphatic heterocycles. The van der Waals surface area contributed by atoms with Crippen LogP contribution in [0, 0.1) is 0 Å². The van der Waals surface area contributed by atoms with E-state index in [0.29, 0.717) is 6.42 Å². The van der Waals surface area contributed by atoms with Gasteiger partial charge in [-0.2, -0.15) is 5.10 Å². The molecule has 0 aliphatic carbocycles. The molecular formula is C18H20N2O2. The molecule has 0 unspecified atom stereocenters. The van der Waals surface area contributed by atoms with Crippen LogP contribution in [-0.2, 0) is 11.2 Å². The standard InChI is InChI=1S/C18H20N2O2/c1-14(2)22-17-10-6-9-16(11-17)13-19-20-18(21)12-15-7-4-3-5-8-15/h3-11,13-14H,12H2,1-2H3,(H,20,21)/b19-13-. The molecule has 0 bridgehead atoms. The molecule has 1 amide bonds. The molecule has 4 heteroatoms. The molecule has 0 radical (unpaired) electrons. The van der Waals surface area contributed by atoms with Crippen LogP contribution in [-0.4, -0.2) is 18.2 Å². The van der Waals surface area contributed by atoms with Crippen molar-refractivity contribution in [2.24, 2.45) is 5.10 Å². The van der Waals surface area contributed by atoms with Gasteiger partial charge in [-0.25, -0.2) is 5.43 Å². The van der Waals surface area contributed by atoms with E-state index >= 15 is 0 Å². The van der Waals surface area contributed by atoms with Gasteiger partial charge < -0.3 is 4.74 Å². The predicted octanol–water partition coefficient (Wildman–Crippen LogP) is 3.17. The molecule has 22 heavy (non-hydrogen) atoms. The number of hydrogen-bond acceptors (Lipinski definition) is 3. The van der Waals surface area contributed by atoms with Gasteiger partial charge >= 0.3 is 0 Å². The number of benzene rings is 2. The smallest absolute Gasteiger partial charge is 0.244 e. The average molecular weight is 296 g/mol. The molecule has 2 aromatic rings. The first kappa shape index (κ1) is 15.8. The van der Waals surface area contributed by atoms with Gasteiger partial charge in [-0.3, -0.25) is 4.79 Å². The Morgan fingerprint density at radius 1 is 1.18 bits per heavy atom. The molecule has 4 nitrogen and oxygen atoms in total. The van der Waals surface area contributed by atoms with Crippen molar-refractivity contribution in [1.82, 2.24) is 5.43 Å². The number of carbonyl (C=O) groups is 1. The van der Waals surface area contributed by atoms with Crippen LogP contribution in [0.2, 0.25) is 0 Å². The van der Waals surface area contributed by atoms with Crippen LogP contribution in [0.25, 0.3) is 0 Å². The van der Waals surface area contributed by atoms with E-state index in [4.69, 9.17) is 4.74 Å². The summed E-state index contributed by atoms with van der Waals surface area (Å²) in [5, 5.41) is 3.98. The molecule has 0 heterocycles. The summed E-state index contributed by atoms with van der Waals surface area (Å²) in [6.45, 7) is 3.95. The first-order valence-electron chi connectivity index (χ1n) is 7.26. The third-order valence-electron chi connectivity index (χ3n) is 2.84. The summed E-state index contributed by atoms with van der Waals surface area (Å²) in [5.74, 6) is 0.645. The van der Waals surface area contributed by atoms with Gasteiger partial charge in [-0.1, -0.05) is 42.5 Å². The summed E-state index contributed by atoms with van der Waals surface area (Å²) in [7, 11) is 0. The van der Waals surface area contributed by atoms with E-state index in [2.05, 4.69) is 10.5 Å². The summed E-state index contributed by atoms with van der Waals surface area (Å²) in [6.07, 6.45) is 2.04. The predicted molar refractivity (Wildman–Crippen MR) is 88.1 cm³/mol. The Kier molecular flexibility index (Phi) is 5.72. The van der Waals surface area contributed by atoms with Crippen LogP contribution in [0.3, 0.4) is 0 Å². The normalized spacial score (nSPS) is 10.9. The van der Waals surface area contributed by atoms with Gasteiger partial charge in [0, 0.05) is 0 Å². The van der Waals surface area contributed by atoms with Crippen molar-refractivity contribution in [3.8, 4) is 5.75 Å². The molecule has 0 atom stereocenters. The molecule has 0 aromatic heterocycles. The number of carbonyl (C=O) groups excluding carboxylic acids is 1. The van der Waals surface area contributed by atoms with Crippen LogP contribution in [0.5, 0.6) is 5.75 Å². The molecule has 0 saturated heterocycles. The molecular weight excluding hydrogens is 276 g/mol. The van der Waals surface area contributed by atoms with Gasteiger partial charge in [0.2, 0.25) is 5.91 Å². The number of amides is 1. The van der Waals surface area contributed by atoms with Gasteiger partial charge in [0.25, 0.3) is 0 Å². The lowest BCUT2D eigenvalue weighted by Gasteiger charge is -2.09. The van der Waals surface area contributed by atoms with E-state index in [0.717, 1.165) is 16.9 Å². The second-order valence-corrected chi connectivity index (χ2v) is 5.19. The lowest BCUT2D eigenvalue weighted by molar-refractivity contribution is -0.120. The van der Waals surface area contributed by atoms with Crippen LogP contribution in [0.1, 0.15) is 25.0 Å². The van der Waals surface area contributed by atoms with Crippen molar-refractivity contribution >= 4 is 12.1 Å². The van der Waals surface area contributed by atoms with Crippen molar-refractivity contribution in [1.29, 1.82) is 0 Å². The fraction of sp³-hybridized carbons (Fsp3) is 0.222. The second kappa shape index (κ2) is 7.98. The van der Waals surface area contributed by atoms with Gasteiger partial charge in [0.15, 0.2) is 0 Å². The first-order chi connectivity index (χ1) is 10.6. The molecule has 114 valence electrons. The third kappa shape index (κ3) is 5.40. The fourth-order valence-corrected chi connectivity index (χ4v) is 1.94. The first-order valence-corrected chi connectivity index (χ1v) is 7.26. The molecule has 0 spiro atoms. The highest BCUT2D eigenvalue weighted by Gasteiger charge is 2.01. The summed E-state index contributed by atoms with van der Waals surface area (Å²) in [4.78, 5) is 11.8. The maximum absolute atomic E-state index is 11.8. The molecule has 2 aromatic carbocycles. The summed E-state index contributed by atoms with van der Waals surface area (Å²) in [6, 6.07) is 17.1. The van der Waals surface area contributed by atoms with Crippen LogP contribution in [0.15, 0.2) is 59.7 Å². The minimum absolute atomic E-state index is 0.123. The van der Waals surface area contributed by atoms with E-state index in [1.165, 1.54) is 0 Å². The van der Waals surface area contributed by atoms with Crippen LogP contribution >= 0.6 is 0 Å². The topological polar surface area (TPSA) is 50.7 Å². The number of ether oxygens (including phenoxy) is 1. The Labute approximate surface area is 130 Å². The average Bonchev–Trinajstić information content (AvgIpc) is 2.48. The fourth-order valence-electron chi connectivity index (χ4n) is 1.94. The zero-order valence-corrected chi connectivity index (χ0v) is 12.8. The molecule has 0 fully saturated rings. The zero-order valence-electron chi connectivity index (χ0n) is 12.8. The Morgan fingerprint density at radius 3 is 2.68 bits per heavy atom. The van der Waals surface area contributed by atoms with Crippen LogP contribution < -0.4 is 10.2 Å². The number of rotatable bonds is 6. The lowest BCUT2D eigenvalue weighted by Crippen LogP contribution is -2.19. The van der Waals surface area contributed by atoms with Crippen molar-refractivity contribution in [2.45, 2.75) is 26.4 Å². The monoisotopic (exact) mass is 296 g/mol. The molecule has 0 saturated carbocycles. The summed E-state index contributed by atoms with van der Waals surface area (Å²) < 4.78 is 5.61. The Hall–Kier alpha value is -2.62. The Morgan fingerprint density at radius 2 is 1.95 bits per heavy atom. The maximum Gasteiger partial charge on any atom is 0.244 e. The Balaban J connectivity index is 1.88. The van der Waals surface area contributed by atoms with Crippen molar-refractivity contribution in [3.63, 3.8) is 0 Å². The molecule has 1 N–H and O–H groups in total. The summed E-state index contributed by atoms with van der Waals surface area (Å²) in [5.41, 5.74) is 4.36. The van der Waals surface area contributed by atoms with Gasteiger partial charge in [0.1, 0.15) is 5.75 Å². The minimum Gasteiger partial charge on any atom is -0.491 e. The van der Waals surface area contributed by atoms with Gasteiger partial charge in [-0.15, -0.1) is 0 Å². The van der Waals surface area contributed by atoms with Crippen molar-refractivity contribution in [3.05, 3.63) is 65.7 Å². The maximum atomic E-state index is 11.8. The van der Waals surface area contributed by atoms with E-state index in [1.807, 2.05) is 68.4 Å². The number of hydrazone groups is 1. The van der Waals surface area contributed by atoms with Crippen molar-refractivity contribution < 1.29 is 9.53 Å². The van der Waals surface area contributed by atoms with E-state index < -0.39 is 0 Å². The second-order valence-electron chi connectivity index (χ2n) is 5.19. The van der Waals surface area contributed by atoms with E-state index in [9.17, 15) is 4.79 Å². The quantitative estimate of drug-likeness (QED) is 0.657. The highest BCUT2D eigenvalue weighted by atomic mass is 16.5. The minimum atomic E-state index is -0.142. The highest BCUT2D eigenvalue weighted by molar-refractivity contribution is 5.83.